The topological polar surface area (TPSA) is 58.7 Å². The third kappa shape index (κ3) is 3.64. The van der Waals surface area contributed by atoms with Crippen LogP contribution in [0.5, 0.6) is 0 Å². The molecule has 0 saturated heterocycles. The minimum absolute atomic E-state index is 0.0598. The summed E-state index contributed by atoms with van der Waals surface area (Å²) in [5.41, 5.74) is 4.76. The molecule has 0 aromatic heterocycles. The molecule has 1 unspecified atom stereocenters. The largest absolute Gasteiger partial charge is 0.359 e. The molecule has 1 atom stereocenters. The quantitative estimate of drug-likeness (QED) is 0.490. The van der Waals surface area contributed by atoms with E-state index in [0.717, 1.165) is 23.5 Å². The maximum Gasteiger partial charge on any atom is 0.269 e. The number of fused-ring (bicyclic) bond motifs is 1. The van der Waals surface area contributed by atoms with Crippen LogP contribution < -0.4 is 0 Å². The molecular weight excluding hydrogens is 350 g/mol. The first-order chi connectivity index (χ1) is 13.6. The predicted molar refractivity (Wildman–Crippen MR) is 110 cm³/mol. The number of nitro groups is 1. The number of aliphatic imine (C=N–C) groups is 1. The minimum atomic E-state index is -0.374. The van der Waals surface area contributed by atoms with Gasteiger partial charge in [-0.1, -0.05) is 66.7 Å². The number of amidine groups is 1. The first-order valence-electron chi connectivity index (χ1n) is 9.26. The summed E-state index contributed by atoms with van der Waals surface area (Å²) in [5.74, 6) is 0.971. The van der Waals surface area contributed by atoms with Gasteiger partial charge in [0.25, 0.3) is 5.69 Å². The molecule has 0 fully saturated rings. The Labute approximate surface area is 164 Å². The van der Waals surface area contributed by atoms with E-state index in [9.17, 15) is 10.1 Å². The highest BCUT2D eigenvalue weighted by molar-refractivity contribution is 5.85. The standard InChI is InChI=1S/C23H21N3O2/c1-25-16-19-9-5-6-10-21(19)23(18-7-3-2-4-8-18)24-22(25)15-17-11-13-20(14-12-17)26(27)28/h2-14,23H,15-16H2,1H3. The Kier molecular flexibility index (Phi) is 4.89. The molecule has 0 radical (unpaired) electrons. The molecule has 5 nitrogen and oxygen atoms in total. The van der Waals surface area contributed by atoms with Crippen LogP contribution in [0.4, 0.5) is 5.69 Å². The summed E-state index contributed by atoms with van der Waals surface area (Å²) in [7, 11) is 2.05. The van der Waals surface area contributed by atoms with Crippen LogP contribution in [-0.4, -0.2) is 22.7 Å². The second-order valence-corrected chi connectivity index (χ2v) is 7.01. The normalized spacial score (nSPS) is 16.1. The third-order valence-corrected chi connectivity index (χ3v) is 5.10. The number of non-ortho nitro benzene ring substituents is 1. The molecule has 1 aliphatic rings. The molecule has 4 rings (SSSR count). The van der Waals surface area contributed by atoms with Gasteiger partial charge in [-0.05, 0) is 22.3 Å². The van der Waals surface area contributed by atoms with E-state index in [0.29, 0.717) is 6.42 Å². The second kappa shape index (κ2) is 7.64. The molecule has 1 heterocycles. The molecule has 5 heteroatoms. The third-order valence-electron chi connectivity index (χ3n) is 5.10. The fourth-order valence-corrected chi connectivity index (χ4v) is 3.60. The van der Waals surface area contributed by atoms with Crippen LogP contribution in [0.2, 0.25) is 0 Å². The van der Waals surface area contributed by atoms with Crippen LogP contribution in [-0.2, 0) is 13.0 Å². The fraction of sp³-hybridized carbons (Fsp3) is 0.174. The summed E-state index contributed by atoms with van der Waals surface area (Å²) in [6.07, 6.45) is 0.631. The Morgan fingerprint density at radius 3 is 2.39 bits per heavy atom. The van der Waals surface area contributed by atoms with Gasteiger partial charge in [-0.15, -0.1) is 0 Å². The maximum absolute atomic E-state index is 10.9. The lowest BCUT2D eigenvalue weighted by Gasteiger charge is -2.20. The molecule has 0 amide bonds. The van der Waals surface area contributed by atoms with Crippen molar-refractivity contribution in [2.24, 2.45) is 4.99 Å². The van der Waals surface area contributed by atoms with Crippen LogP contribution in [0.3, 0.4) is 0 Å². The van der Waals surface area contributed by atoms with Crippen molar-refractivity contribution >= 4 is 11.5 Å². The van der Waals surface area contributed by atoms with Gasteiger partial charge >= 0.3 is 0 Å². The first-order valence-corrected chi connectivity index (χ1v) is 9.26. The average Bonchev–Trinajstić information content (AvgIpc) is 2.86. The Hall–Kier alpha value is -3.47. The molecule has 3 aromatic carbocycles. The van der Waals surface area contributed by atoms with Gasteiger partial charge in [0.15, 0.2) is 0 Å². The van der Waals surface area contributed by atoms with Gasteiger partial charge in [0, 0.05) is 32.1 Å². The van der Waals surface area contributed by atoms with Gasteiger partial charge in [-0.25, -0.2) is 0 Å². The zero-order valence-electron chi connectivity index (χ0n) is 15.7. The average molecular weight is 371 g/mol. The molecule has 0 spiro atoms. The van der Waals surface area contributed by atoms with Crippen molar-refractivity contribution in [3.05, 3.63) is 111 Å². The smallest absolute Gasteiger partial charge is 0.269 e. The highest BCUT2D eigenvalue weighted by atomic mass is 16.6. The van der Waals surface area contributed by atoms with E-state index in [-0.39, 0.29) is 16.7 Å². The van der Waals surface area contributed by atoms with E-state index < -0.39 is 0 Å². The molecule has 0 bridgehead atoms. The predicted octanol–water partition coefficient (Wildman–Crippen LogP) is 4.77. The Morgan fingerprint density at radius 2 is 1.68 bits per heavy atom. The van der Waals surface area contributed by atoms with Crippen molar-refractivity contribution in [2.45, 2.75) is 19.0 Å². The Balaban J connectivity index is 1.72. The number of rotatable bonds is 4. The van der Waals surface area contributed by atoms with Gasteiger partial charge < -0.3 is 4.90 Å². The summed E-state index contributed by atoms with van der Waals surface area (Å²) in [4.78, 5) is 17.8. The van der Waals surface area contributed by atoms with E-state index in [2.05, 4.69) is 41.3 Å². The van der Waals surface area contributed by atoms with E-state index in [4.69, 9.17) is 4.99 Å². The zero-order valence-corrected chi connectivity index (χ0v) is 15.7. The SMILES string of the molecule is CN1Cc2ccccc2C(c2ccccc2)N=C1Cc1ccc([N+](=O)[O-])cc1. The van der Waals surface area contributed by atoms with Crippen LogP contribution in [0.1, 0.15) is 28.3 Å². The number of nitro benzene ring substituents is 1. The molecule has 0 saturated carbocycles. The number of benzene rings is 3. The van der Waals surface area contributed by atoms with Crippen molar-refractivity contribution in [1.29, 1.82) is 0 Å². The molecule has 0 aliphatic carbocycles. The van der Waals surface area contributed by atoms with Crippen molar-refractivity contribution in [1.82, 2.24) is 4.90 Å². The van der Waals surface area contributed by atoms with Crippen LogP contribution in [0.25, 0.3) is 0 Å². The summed E-state index contributed by atoms with van der Waals surface area (Å²) in [6, 6.07) is 25.4. The van der Waals surface area contributed by atoms with Gasteiger partial charge in [0.2, 0.25) is 0 Å². The number of hydrogen-bond acceptors (Lipinski definition) is 4. The number of nitrogens with zero attached hydrogens (tertiary/aromatic N) is 3. The van der Waals surface area contributed by atoms with Crippen LogP contribution in [0, 0.1) is 10.1 Å². The molecule has 28 heavy (non-hydrogen) atoms. The maximum atomic E-state index is 10.9. The highest BCUT2D eigenvalue weighted by Gasteiger charge is 2.23. The van der Waals surface area contributed by atoms with Crippen LogP contribution in [0.15, 0.2) is 83.9 Å². The lowest BCUT2D eigenvalue weighted by Crippen LogP contribution is -2.27. The molecule has 1 aliphatic heterocycles. The summed E-state index contributed by atoms with van der Waals surface area (Å²) < 4.78 is 0. The molecule has 0 N–H and O–H groups in total. The first kappa shape index (κ1) is 17.9. The van der Waals surface area contributed by atoms with Crippen molar-refractivity contribution in [2.75, 3.05) is 7.05 Å². The monoisotopic (exact) mass is 371 g/mol. The fourth-order valence-electron chi connectivity index (χ4n) is 3.60. The zero-order chi connectivity index (χ0) is 19.5. The second-order valence-electron chi connectivity index (χ2n) is 7.01. The molecule has 3 aromatic rings. The summed E-state index contributed by atoms with van der Waals surface area (Å²) in [5, 5.41) is 10.9. The van der Waals surface area contributed by atoms with E-state index in [1.807, 2.05) is 37.4 Å². The van der Waals surface area contributed by atoms with Gasteiger partial charge in [0.1, 0.15) is 11.9 Å². The number of hydrogen-bond donors (Lipinski definition) is 0. The molecular formula is C23H21N3O2. The van der Waals surface area contributed by atoms with Crippen molar-refractivity contribution in [3.63, 3.8) is 0 Å². The van der Waals surface area contributed by atoms with E-state index in [1.54, 1.807) is 12.1 Å². The van der Waals surface area contributed by atoms with Crippen molar-refractivity contribution in [3.8, 4) is 0 Å². The Bertz CT molecular complexity index is 1010. The lowest BCUT2D eigenvalue weighted by molar-refractivity contribution is -0.384. The van der Waals surface area contributed by atoms with Crippen LogP contribution >= 0.6 is 0 Å². The minimum Gasteiger partial charge on any atom is -0.359 e. The lowest BCUT2D eigenvalue weighted by atomic mass is 9.95. The van der Waals surface area contributed by atoms with E-state index in [1.165, 1.54) is 11.1 Å². The van der Waals surface area contributed by atoms with Crippen molar-refractivity contribution < 1.29 is 4.92 Å². The number of likely N-dealkylation sites (N-methyl/N-ethyl adjacent to an activating group) is 1. The van der Waals surface area contributed by atoms with Gasteiger partial charge in [-0.3, -0.25) is 15.1 Å². The van der Waals surface area contributed by atoms with Gasteiger partial charge in [-0.2, -0.15) is 0 Å². The Morgan fingerprint density at radius 1 is 1.00 bits per heavy atom. The summed E-state index contributed by atoms with van der Waals surface area (Å²) >= 11 is 0. The van der Waals surface area contributed by atoms with Gasteiger partial charge in [0.05, 0.1) is 4.92 Å². The molecule has 140 valence electrons. The van der Waals surface area contributed by atoms with E-state index >= 15 is 0 Å². The highest BCUT2D eigenvalue weighted by Crippen LogP contribution is 2.32. The summed E-state index contributed by atoms with van der Waals surface area (Å²) in [6.45, 7) is 0.783.